The van der Waals surface area contributed by atoms with E-state index in [1.54, 1.807) is 20.8 Å². The molecule has 0 aromatic rings. The van der Waals surface area contributed by atoms with Crippen molar-refractivity contribution in [1.82, 2.24) is 5.32 Å². The zero-order valence-electron chi connectivity index (χ0n) is 9.55. The number of cyclic esters (lactones) is 1. The molecule has 1 aliphatic heterocycles. The Kier molecular flexibility index (Phi) is 2.93. The van der Waals surface area contributed by atoms with Gasteiger partial charge in [-0.2, -0.15) is 0 Å². The lowest BCUT2D eigenvalue weighted by atomic mass is 9.93. The maximum Gasteiger partial charge on any atom is 0.408 e. The molecule has 1 N–H and O–H groups in total. The lowest BCUT2D eigenvalue weighted by molar-refractivity contribution is -0.175. The van der Waals surface area contributed by atoms with Gasteiger partial charge in [-0.1, -0.05) is 6.92 Å². The highest BCUT2D eigenvalue weighted by atomic mass is 16.6. The number of hydrogen-bond donors (Lipinski definition) is 1. The largest absolute Gasteiger partial charge is 0.461 e. The van der Waals surface area contributed by atoms with Crippen molar-refractivity contribution in [3.05, 3.63) is 0 Å². The number of esters is 1. The van der Waals surface area contributed by atoms with Gasteiger partial charge in [0.2, 0.25) is 0 Å². The minimum Gasteiger partial charge on any atom is -0.461 e. The van der Waals surface area contributed by atoms with E-state index < -0.39 is 23.2 Å². The molecule has 0 bridgehead atoms. The van der Waals surface area contributed by atoms with Crippen molar-refractivity contribution in [2.75, 3.05) is 6.61 Å². The molecule has 0 aromatic carbocycles. The van der Waals surface area contributed by atoms with Crippen LogP contribution >= 0.6 is 0 Å². The van der Waals surface area contributed by atoms with Gasteiger partial charge in [-0.25, -0.2) is 9.59 Å². The molecule has 1 heterocycles. The van der Waals surface area contributed by atoms with E-state index in [2.05, 4.69) is 10.1 Å². The standard InChI is InChI=1S/C10H17NO4/c1-5-10(6-14-7(10)12)11-8(13)15-9(2,3)4/h5-6H2,1-4H3,(H,11,13). The van der Waals surface area contributed by atoms with Crippen LogP contribution in [0.3, 0.4) is 0 Å². The van der Waals surface area contributed by atoms with Crippen LogP contribution in [0.5, 0.6) is 0 Å². The van der Waals surface area contributed by atoms with Crippen LogP contribution in [0.4, 0.5) is 4.79 Å². The molecule has 1 unspecified atom stereocenters. The van der Waals surface area contributed by atoms with E-state index in [1.165, 1.54) is 0 Å². The average Bonchev–Trinajstić information content (AvgIpc) is 2.08. The molecule has 0 saturated carbocycles. The van der Waals surface area contributed by atoms with Crippen molar-refractivity contribution in [1.29, 1.82) is 0 Å². The van der Waals surface area contributed by atoms with E-state index >= 15 is 0 Å². The minimum absolute atomic E-state index is 0.224. The second-order valence-electron chi connectivity index (χ2n) is 4.64. The van der Waals surface area contributed by atoms with Gasteiger partial charge in [0.1, 0.15) is 12.2 Å². The van der Waals surface area contributed by atoms with Gasteiger partial charge in [0.25, 0.3) is 0 Å². The Morgan fingerprint density at radius 1 is 1.60 bits per heavy atom. The molecule has 1 amide bonds. The van der Waals surface area contributed by atoms with Crippen LogP contribution < -0.4 is 5.32 Å². The molecule has 5 heteroatoms. The van der Waals surface area contributed by atoms with E-state index in [1.807, 2.05) is 6.92 Å². The van der Waals surface area contributed by atoms with Gasteiger partial charge in [0.15, 0.2) is 5.54 Å². The second-order valence-corrected chi connectivity index (χ2v) is 4.64. The Morgan fingerprint density at radius 2 is 2.20 bits per heavy atom. The van der Waals surface area contributed by atoms with Crippen LogP contribution in [0.1, 0.15) is 34.1 Å². The maximum atomic E-state index is 11.4. The summed E-state index contributed by atoms with van der Waals surface area (Å²) in [5.41, 5.74) is -1.44. The first-order chi connectivity index (χ1) is 6.79. The first-order valence-electron chi connectivity index (χ1n) is 4.97. The summed E-state index contributed by atoms with van der Waals surface area (Å²) in [6, 6.07) is 0. The van der Waals surface area contributed by atoms with Gasteiger partial charge < -0.3 is 14.8 Å². The Balaban J connectivity index is 2.54. The van der Waals surface area contributed by atoms with E-state index in [-0.39, 0.29) is 6.61 Å². The summed E-state index contributed by atoms with van der Waals surface area (Å²) in [6.45, 7) is 7.35. The third-order valence-corrected chi connectivity index (χ3v) is 2.18. The highest BCUT2D eigenvalue weighted by molar-refractivity contribution is 5.90. The number of amides is 1. The van der Waals surface area contributed by atoms with Gasteiger partial charge >= 0.3 is 12.1 Å². The van der Waals surface area contributed by atoms with Gasteiger partial charge in [0, 0.05) is 0 Å². The fourth-order valence-electron chi connectivity index (χ4n) is 1.23. The average molecular weight is 215 g/mol. The Morgan fingerprint density at radius 3 is 2.47 bits per heavy atom. The molecule has 1 saturated heterocycles. The van der Waals surface area contributed by atoms with Crippen LogP contribution in [0.15, 0.2) is 0 Å². The quantitative estimate of drug-likeness (QED) is 0.703. The van der Waals surface area contributed by atoms with E-state index in [9.17, 15) is 9.59 Å². The summed E-state index contributed by atoms with van der Waals surface area (Å²) in [6.07, 6.45) is -0.0774. The Hall–Kier alpha value is -1.26. The maximum absolute atomic E-state index is 11.4. The number of carbonyl (C=O) groups is 2. The molecular weight excluding hydrogens is 198 g/mol. The van der Waals surface area contributed by atoms with Crippen LogP contribution in [-0.2, 0) is 14.3 Å². The predicted octanol–water partition coefficient (Wildman–Crippen LogP) is 1.22. The third-order valence-electron chi connectivity index (χ3n) is 2.18. The number of rotatable bonds is 2. The van der Waals surface area contributed by atoms with Crippen molar-refractivity contribution in [3.8, 4) is 0 Å². The summed E-state index contributed by atoms with van der Waals surface area (Å²) in [4.78, 5) is 22.6. The Bertz CT molecular complexity index is 278. The third kappa shape index (κ3) is 2.61. The van der Waals surface area contributed by atoms with E-state index in [4.69, 9.17) is 4.74 Å². The molecule has 1 fully saturated rings. The first kappa shape index (κ1) is 11.8. The molecule has 0 aliphatic carbocycles. The van der Waals surface area contributed by atoms with Crippen molar-refractivity contribution in [3.63, 3.8) is 0 Å². The number of alkyl carbamates (subject to hydrolysis) is 1. The highest BCUT2D eigenvalue weighted by Crippen LogP contribution is 2.23. The van der Waals surface area contributed by atoms with Gasteiger partial charge in [-0.05, 0) is 27.2 Å². The van der Waals surface area contributed by atoms with Crippen LogP contribution in [0.2, 0.25) is 0 Å². The number of hydrogen-bond acceptors (Lipinski definition) is 4. The van der Waals surface area contributed by atoms with Gasteiger partial charge in [-0.3, -0.25) is 0 Å². The first-order valence-corrected chi connectivity index (χ1v) is 4.97. The SMILES string of the molecule is CCC1(NC(=O)OC(C)(C)C)COC1=O. The van der Waals surface area contributed by atoms with Crippen LogP contribution in [0.25, 0.3) is 0 Å². The monoisotopic (exact) mass is 215 g/mol. The molecule has 15 heavy (non-hydrogen) atoms. The van der Waals surface area contributed by atoms with Crippen molar-refractivity contribution in [2.24, 2.45) is 0 Å². The normalized spacial score (nSPS) is 25.2. The molecule has 86 valence electrons. The zero-order valence-corrected chi connectivity index (χ0v) is 9.55. The number of carbonyl (C=O) groups excluding carboxylic acids is 2. The molecule has 0 spiro atoms. The fraction of sp³-hybridized carbons (Fsp3) is 0.800. The summed E-state index contributed by atoms with van der Waals surface area (Å²) >= 11 is 0. The van der Waals surface area contributed by atoms with Crippen molar-refractivity contribution >= 4 is 12.1 Å². The van der Waals surface area contributed by atoms with Gasteiger partial charge in [0.05, 0.1) is 0 Å². The lowest BCUT2D eigenvalue weighted by Crippen LogP contribution is -2.66. The molecule has 1 aliphatic rings. The summed E-state index contributed by atoms with van der Waals surface area (Å²) in [5, 5.41) is 2.55. The smallest absolute Gasteiger partial charge is 0.408 e. The molecule has 5 nitrogen and oxygen atoms in total. The number of ether oxygens (including phenoxy) is 2. The lowest BCUT2D eigenvalue weighted by Gasteiger charge is -2.38. The summed E-state index contributed by atoms with van der Waals surface area (Å²) in [5.74, 6) is -0.393. The second kappa shape index (κ2) is 3.72. The minimum atomic E-state index is -0.873. The molecule has 1 rings (SSSR count). The zero-order chi connectivity index (χ0) is 11.7. The number of nitrogens with one attached hydrogen (secondary N) is 1. The van der Waals surface area contributed by atoms with Crippen molar-refractivity contribution in [2.45, 2.75) is 45.3 Å². The summed E-state index contributed by atoms with van der Waals surface area (Å²) < 4.78 is 9.72. The predicted molar refractivity (Wildman–Crippen MR) is 53.4 cm³/mol. The molecular formula is C10H17NO4. The summed E-state index contributed by atoms with van der Waals surface area (Å²) in [7, 11) is 0. The molecule has 0 radical (unpaired) electrons. The van der Waals surface area contributed by atoms with Crippen LogP contribution in [0, 0.1) is 0 Å². The van der Waals surface area contributed by atoms with E-state index in [0.717, 1.165) is 0 Å². The fourth-order valence-corrected chi connectivity index (χ4v) is 1.23. The Labute approximate surface area is 89.1 Å². The van der Waals surface area contributed by atoms with Crippen molar-refractivity contribution < 1.29 is 19.1 Å². The molecule has 1 atom stereocenters. The molecule has 0 aromatic heterocycles. The highest BCUT2D eigenvalue weighted by Gasteiger charge is 2.49. The topological polar surface area (TPSA) is 64.6 Å². The van der Waals surface area contributed by atoms with Gasteiger partial charge in [-0.15, -0.1) is 0 Å². The van der Waals surface area contributed by atoms with E-state index in [0.29, 0.717) is 6.42 Å². The van der Waals surface area contributed by atoms with Crippen LogP contribution in [-0.4, -0.2) is 29.8 Å².